The number of fused-ring (bicyclic) bond motifs is 1. The van der Waals surface area contributed by atoms with Crippen molar-refractivity contribution in [3.63, 3.8) is 0 Å². The minimum Gasteiger partial charge on any atom is -0.497 e. The number of ether oxygens (including phenoxy) is 2. The Balaban J connectivity index is 1.49. The van der Waals surface area contributed by atoms with Crippen molar-refractivity contribution in [1.82, 2.24) is 0 Å². The zero-order chi connectivity index (χ0) is 12.4. The Bertz CT molecular complexity index is 385. The first kappa shape index (κ1) is 12.0. The SMILES string of the molecule is COc1ccc(CC[C@@H]2C[C@H]3CCCO[C@H]32)cc1. The first-order chi connectivity index (χ1) is 8.86. The maximum Gasteiger partial charge on any atom is 0.118 e. The van der Waals surface area contributed by atoms with Crippen LogP contribution in [0.25, 0.3) is 0 Å². The summed E-state index contributed by atoms with van der Waals surface area (Å²) in [4.78, 5) is 0. The smallest absolute Gasteiger partial charge is 0.118 e. The second-order valence-electron chi connectivity index (χ2n) is 5.62. The fraction of sp³-hybridized carbons (Fsp3) is 0.625. The van der Waals surface area contributed by atoms with E-state index < -0.39 is 0 Å². The van der Waals surface area contributed by atoms with Gasteiger partial charge in [0.15, 0.2) is 0 Å². The third-order valence-electron chi connectivity index (χ3n) is 4.53. The van der Waals surface area contributed by atoms with E-state index in [1.54, 1.807) is 7.11 Å². The van der Waals surface area contributed by atoms with Gasteiger partial charge in [0, 0.05) is 6.61 Å². The van der Waals surface area contributed by atoms with Gasteiger partial charge in [-0.15, -0.1) is 0 Å². The lowest BCUT2D eigenvalue weighted by Gasteiger charge is -2.47. The molecule has 0 aromatic heterocycles. The monoisotopic (exact) mass is 246 g/mol. The number of methoxy groups -OCH3 is 1. The van der Waals surface area contributed by atoms with Crippen LogP contribution in [0, 0.1) is 11.8 Å². The highest BCUT2D eigenvalue weighted by Gasteiger charge is 2.42. The summed E-state index contributed by atoms with van der Waals surface area (Å²) in [7, 11) is 1.71. The van der Waals surface area contributed by atoms with Crippen molar-refractivity contribution < 1.29 is 9.47 Å². The van der Waals surface area contributed by atoms with Crippen molar-refractivity contribution in [2.45, 2.75) is 38.2 Å². The van der Waals surface area contributed by atoms with E-state index >= 15 is 0 Å². The molecule has 1 aliphatic carbocycles. The molecule has 2 fully saturated rings. The van der Waals surface area contributed by atoms with E-state index in [1.165, 1.54) is 37.7 Å². The Labute approximate surface area is 109 Å². The van der Waals surface area contributed by atoms with Crippen LogP contribution in [0.2, 0.25) is 0 Å². The molecule has 0 radical (unpaired) electrons. The Morgan fingerprint density at radius 1 is 1.28 bits per heavy atom. The average molecular weight is 246 g/mol. The number of benzene rings is 1. The van der Waals surface area contributed by atoms with Gasteiger partial charge in [-0.25, -0.2) is 0 Å². The zero-order valence-corrected chi connectivity index (χ0v) is 11.1. The molecule has 2 nitrogen and oxygen atoms in total. The summed E-state index contributed by atoms with van der Waals surface area (Å²) >= 11 is 0. The molecule has 98 valence electrons. The molecule has 0 unspecified atom stereocenters. The number of hydrogen-bond donors (Lipinski definition) is 0. The van der Waals surface area contributed by atoms with Crippen molar-refractivity contribution >= 4 is 0 Å². The number of aryl methyl sites for hydroxylation is 1. The molecule has 18 heavy (non-hydrogen) atoms. The Morgan fingerprint density at radius 2 is 2.11 bits per heavy atom. The topological polar surface area (TPSA) is 18.5 Å². The zero-order valence-electron chi connectivity index (χ0n) is 11.1. The molecule has 3 atom stereocenters. The molecule has 1 saturated carbocycles. The van der Waals surface area contributed by atoms with E-state index in [2.05, 4.69) is 24.3 Å². The van der Waals surface area contributed by atoms with Crippen LogP contribution in [-0.4, -0.2) is 19.8 Å². The van der Waals surface area contributed by atoms with Crippen LogP contribution in [0.15, 0.2) is 24.3 Å². The van der Waals surface area contributed by atoms with Gasteiger partial charge in [-0.1, -0.05) is 12.1 Å². The lowest BCUT2D eigenvalue weighted by Crippen LogP contribution is -2.46. The van der Waals surface area contributed by atoms with Gasteiger partial charge in [-0.2, -0.15) is 0 Å². The highest BCUT2D eigenvalue weighted by molar-refractivity contribution is 5.27. The number of hydrogen-bond acceptors (Lipinski definition) is 2. The van der Waals surface area contributed by atoms with Crippen molar-refractivity contribution in [2.75, 3.05) is 13.7 Å². The summed E-state index contributed by atoms with van der Waals surface area (Å²) in [5, 5.41) is 0. The molecule has 0 spiro atoms. The molecule has 1 aliphatic heterocycles. The van der Waals surface area contributed by atoms with Crippen LogP contribution in [0.3, 0.4) is 0 Å². The summed E-state index contributed by atoms with van der Waals surface area (Å²) in [6, 6.07) is 8.46. The molecule has 3 rings (SSSR count). The van der Waals surface area contributed by atoms with Gasteiger partial charge in [0.2, 0.25) is 0 Å². The van der Waals surface area contributed by atoms with E-state index in [9.17, 15) is 0 Å². The first-order valence-electron chi connectivity index (χ1n) is 7.11. The minimum absolute atomic E-state index is 0.581. The predicted octanol–water partition coefficient (Wildman–Crippen LogP) is 3.44. The normalized spacial score (nSPS) is 30.4. The van der Waals surface area contributed by atoms with E-state index in [0.717, 1.165) is 24.2 Å². The van der Waals surface area contributed by atoms with Crippen LogP contribution < -0.4 is 4.74 Å². The quantitative estimate of drug-likeness (QED) is 0.810. The van der Waals surface area contributed by atoms with Crippen LogP contribution >= 0.6 is 0 Å². The first-order valence-corrected chi connectivity index (χ1v) is 7.11. The molecular formula is C16H22O2. The van der Waals surface area contributed by atoms with Gasteiger partial charge < -0.3 is 9.47 Å². The second kappa shape index (κ2) is 5.31. The minimum atomic E-state index is 0.581. The molecule has 0 N–H and O–H groups in total. The Hall–Kier alpha value is -1.02. The third kappa shape index (κ3) is 2.39. The predicted molar refractivity (Wildman–Crippen MR) is 71.9 cm³/mol. The van der Waals surface area contributed by atoms with Crippen LogP contribution in [0.1, 0.15) is 31.2 Å². The summed E-state index contributed by atoms with van der Waals surface area (Å²) in [6.45, 7) is 0.986. The molecule has 1 aromatic rings. The van der Waals surface area contributed by atoms with E-state index in [-0.39, 0.29) is 0 Å². The highest BCUT2D eigenvalue weighted by atomic mass is 16.5. The summed E-state index contributed by atoms with van der Waals surface area (Å²) in [5.74, 6) is 2.62. The fourth-order valence-corrected chi connectivity index (χ4v) is 3.39. The Morgan fingerprint density at radius 3 is 2.83 bits per heavy atom. The van der Waals surface area contributed by atoms with Gasteiger partial charge >= 0.3 is 0 Å². The maximum atomic E-state index is 5.89. The van der Waals surface area contributed by atoms with E-state index in [1.807, 2.05) is 0 Å². The molecule has 2 heteroatoms. The van der Waals surface area contributed by atoms with Crippen LogP contribution in [0.4, 0.5) is 0 Å². The van der Waals surface area contributed by atoms with Gasteiger partial charge in [0.05, 0.1) is 13.2 Å². The molecule has 1 aromatic carbocycles. The van der Waals surface area contributed by atoms with Gasteiger partial charge in [-0.05, 0) is 61.6 Å². The lowest BCUT2D eigenvalue weighted by atomic mass is 9.66. The van der Waals surface area contributed by atoms with Crippen molar-refractivity contribution in [3.05, 3.63) is 29.8 Å². The van der Waals surface area contributed by atoms with Gasteiger partial charge in [0.25, 0.3) is 0 Å². The van der Waals surface area contributed by atoms with Crippen molar-refractivity contribution in [1.29, 1.82) is 0 Å². The van der Waals surface area contributed by atoms with Gasteiger partial charge in [0.1, 0.15) is 5.75 Å². The second-order valence-corrected chi connectivity index (χ2v) is 5.62. The van der Waals surface area contributed by atoms with Crippen LogP contribution in [-0.2, 0) is 11.2 Å². The number of rotatable bonds is 4. The molecule has 0 amide bonds. The van der Waals surface area contributed by atoms with E-state index in [4.69, 9.17) is 9.47 Å². The average Bonchev–Trinajstić information content (AvgIpc) is 2.40. The van der Waals surface area contributed by atoms with Crippen molar-refractivity contribution in [3.8, 4) is 5.75 Å². The molecular weight excluding hydrogens is 224 g/mol. The largest absolute Gasteiger partial charge is 0.497 e. The molecule has 1 saturated heterocycles. The summed E-state index contributed by atoms with van der Waals surface area (Å²) in [5.41, 5.74) is 1.41. The third-order valence-corrected chi connectivity index (χ3v) is 4.53. The summed E-state index contributed by atoms with van der Waals surface area (Å²) < 4.78 is 11.1. The lowest BCUT2D eigenvalue weighted by molar-refractivity contribution is -0.129. The van der Waals surface area contributed by atoms with Crippen LogP contribution in [0.5, 0.6) is 5.75 Å². The van der Waals surface area contributed by atoms with Crippen molar-refractivity contribution in [2.24, 2.45) is 11.8 Å². The van der Waals surface area contributed by atoms with Gasteiger partial charge in [-0.3, -0.25) is 0 Å². The molecule has 1 heterocycles. The maximum absolute atomic E-state index is 5.89. The standard InChI is InChI=1S/C16H22O2/c1-17-15-8-5-12(6-9-15)4-7-14-11-13-3-2-10-18-16(13)14/h5-6,8-9,13-14,16H,2-4,7,10-11H2,1H3/t13-,14-,16-/m1/s1. The molecule has 2 aliphatic rings. The summed E-state index contributed by atoms with van der Waals surface area (Å²) in [6.07, 6.45) is 7.07. The Kier molecular flexibility index (Phi) is 3.55. The van der Waals surface area contributed by atoms with E-state index in [0.29, 0.717) is 6.10 Å². The highest BCUT2D eigenvalue weighted by Crippen LogP contribution is 2.44. The fourth-order valence-electron chi connectivity index (χ4n) is 3.39. The molecule has 0 bridgehead atoms.